The number of hydrogen-bond donors (Lipinski definition) is 0. The molecule has 104 valence electrons. The second kappa shape index (κ2) is 6.53. The van der Waals surface area contributed by atoms with Gasteiger partial charge in [-0.05, 0) is 24.3 Å². The molecule has 0 saturated heterocycles. The van der Waals surface area contributed by atoms with E-state index < -0.39 is 5.82 Å². The van der Waals surface area contributed by atoms with Crippen molar-refractivity contribution in [1.29, 1.82) is 0 Å². The quantitative estimate of drug-likeness (QED) is 0.750. The molecule has 0 aromatic heterocycles. The number of Topliss-reactive ketones (excluding diaryl/α,β-unsaturated/α-hetero) is 1. The van der Waals surface area contributed by atoms with E-state index in [1.807, 2.05) is 0 Å². The molecule has 2 aromatic carbocycles. The van der Waals surface area contributed by atoms with E-state index in [0.29, 0.717) is 28.3 Å². The van der Waals surface area contributed by atoms with E-state index in [4.69, 9.17) is 16.3 Å². The van der Waals surface area contributed by atoms with Crippen molar-refractivity contribution in [2.75, 3.05) is 0 Å². The van der Waals surface area contributed by atoms with Gasteiger partial charge in [0, 0.05) is 17.0 Å². The van der Waals surface area contributed by atoms with Crippen LogP contribution in [0.15, 0.2) is 42.5 Å². The Morgan fingerprint density at radius 1 is 1.25 bits per heavy atom. The van der Waals surface area contributed by atoms with Gasteiger partial charge in [0.25, 0.3) is 0 Å². The average Bonchev–Trinajstić information content (AvgIpc) is 2.46. The third kappa shape index (κ3) is 3.36. The van der Waals surface area contributed by atoms with Crippen molar-refractivity contribution in [3.8, 4) is 5.75 Å². The third-order valence-electron chi connectivity index (χ3n) is 2.91. The molecule has 0 atom stereocenters. The molecule has 0 amide bonds. The number of carbonyl (C=O) groups excluding carboxylic acids is 1. The van der Waals surface area contributed by atoms with Crippen LogP contribution in [0.3, 0.4) is 0 Å². The van der Waals surface area contributed by atoms with E-state index in [9.17, 15) is 9.18 Å². The van der Waals surface area contributed by atoms with Crippen LogP contribution >= 0.6 is 11.6 Å². The predicted molar refractivity (Wildman–Crippen MR) is 76.8 cm³/mol. The maximum absolute atomic E-state index is 13.6. The van der Waals surface area contributed by atoms with E-state index in [0.717, 1.165) is 0 Å². The van der Waals surface area contributed by atoms with E-state index in [2.05, 4.69) is 0 Å². The molecule has 0 N–H and O–H groups in total. The standard InChI is InChI=1S/C16H14ClFO2/c1-2-15(19)13-5-3-4-6-16(13)20-10-11-7-8-12(17)9-14(11)18/h3-9H,2,10H2,1H3. The molecule has 0 aliphatic rings. The minimum Gasteiger partial charge on any atom is -0.488 e. The second-order valence-corrected chi connectivity index (χ2v) is 4.73. The molecule has 0 aliphatic heterocycles. The summed E-state index contributed by atoms with van der Waals surface area (Å²) in [4.78, 5) is 11.8. The molecule has 2 rings (SSSR count). The molecule has 2 nitrogen and oxygen atoms in total. The first-order valence-corrected chi connectivity index (χ1v) is 6.68. The molecule has 0 heterocycles. The fourth-order valence-electron chi connectivity index (χ4n) is 1.81. The van der Waals surface area contributed by atoms with Crippen LogP contribution in [-0.2, 0) is 6.61 Å². The number of halogens is 2. The summed E-state index contributed by atoms with van der Waals surface area (Å²) in [7, 11) is 0. The van der Waals surface area contributed by atoms with Gasteiger partial charge in [0.1, 0.15) is 18.2 Å². The van der Waals surface area contributed by atoms with E-state index >= 15 is 0 Å². The maximum Gasteiger partial charge on any atom is 0.166 e. The van der Waals surface area contributed by atoms with Gasteiger partial charge in [0.2, 0.25) is 0 Å². The highest BCUT2D eigenvalue weighted by Gasteiger charge is 2.11. The van der Waals surface area contributed by atoms with Gasteiger partial charge in [-0.1, -0.05) is 36.7 Å². The minimum atomic E-state index is -0.420. The molecular weight excluding hydrogens is 279 g/mol. The average molecular weight is 293 g/mol. The summed E-state index contributed by atoms with van der Waals surface area (Å²) < 4.78 is 19.2. The van der Waals surface area contributed by atoms with Gasteiger partial charge >= 0.3 is 0 Å². The Balaban J connectivity index is 2.17. The Morgan fingerprint density at radius 3 is 2.70 bits per heavy atom. The van der Waals surface area contributed by atoms with Crippen LogP contribution in [0.2, 0.25) is 5.02 Å². The van der Waals surface area contributed by atoms with Gasteiger partial charge in [-0.2, -0.15) is 0 Å². The lowest BCUT2D eigenvalue weighted by molar-refractivity contribution is 0.0983. The van der Waals surface area contributed by atoms with Crippen molar-refractivity contribution < 1.29 is 13.9 Å². The Kier molecular flexibility index (Phi) is 4.74. The lowest BCUT2D eigenvalue weighted by atomic mass is 10.1. The lowest BCUT2D eigenvalue weighted by Crippen LogP contribution is -2.04. The molecular formula is C16H14ClFO2. The van der Waals surface area contributed by atoms with Crippen molar-refractivity contribution in [1.82, 2.24) is 0 Å². The Labute approximate surface area is 122 Å². The largest absolute Gasteiger partial charge is 0.488 e. The van der Waals surface area contributed by atoms with Gasteiger partial charge in [0.05, 0.1) is 5.56 Å². The van der Waals surface area contributed by atoms with E-state index in [1.54, 1.807) is 43.3 Å². The SMILES string of the molecule is CCC(=O)c1ccccc1OCc1ccc(Cl)cc1F. The van der Waals surface area contributed by atoms with Gasteiger partial charge in [-0.15, -0.1) is 0 Å². The molecule has 0 bridgehead atoms. The van der Waals surface area contributed by atoms with Crippen LogP contribution in [0, 0.1) is 5.82 Å². The first kappa shape index (κ1) is 14.5. The summed E-state index contributed by atoms with van der Waals surface area (Å²) in [6, 6.07) is 11.4. The molecule has 0 aliphatic carbocycles. The number of hydrogen-bond acceptors (Lipinski definition) is 2. The zero-order valence-electron chi connectivity index (χ0n) is 11.0. The first-order valence-electron chi connectivity index (χ1n) is 6.30. The summed E-state index contributed by atoms with van der Waals surface area (Å²) in [6.07, 6.45) is 0.398. The third-order valence-corrected chi connectivity index (χ3v) is 3.14. The topological polar surface area (TPSA) is 26.3 Å². The van der Waals surface area contributed by atoms with Crippen molar-refractivity contribution in [3.05, 3.63) is 64.4 Å². The van der Waals surface area contributed by atoms with Crippen LogP contribution in [0.5, 0.6) is 5.75 Å². The number of carbonyl (C=O) groups is 1. The van der Waals surface area contributed by atoms with Crippen molar-refractivity contribution >= 4 is 17.4 Å². The number of rotatable bonds is 5. The van der Waals surface area contributed by atoms with Crippen molar-refractivity contribution in [3.63, 3.8) is 0 Å². The predicted octanol–water partition coefficient (Wildman–Crippen LogP) is 4.65. The van der Waals surface area contributed by atoms with Gasteiger partial charge in [-0.3, -0.25) is 4.79 Å². The summed E-state index contributed by atoms with van der Waals surface area (Å²) in [5, 5.41) is 0.341. The molecule has 0 radical (unpaired) electrons. The fraction of sp³-hybridized carbons (Fsp3) is 0.188. The number of ether oxygens (including phenoxy) is 1. The second-order valence-electron chi connectivity index (χ2n) is 4.30. The molecule has 0 saturated carbocycles. The van der Waals surface area contributed by atoms with E-state index in [1.165, 1.54) is 6.07 Å². The molecule has 20 heavy (non-hydrogen) atoms. The first-order chi connectivity index (χ1) is 9.61. The Hall–Kier alpha value is -1.87. The zero-order chi connectivity index (χ0) is 14.5. The number of para-hydroxylation sites is 1. The highest BCUT2D eigenvalue weighted by molar-refractivity contribution is 6.30. The highest BCUT2D eigenvalue weighted by atomic mass is 35.5. The Morgan fingerprint density at radius 2 is 2.00 bits per heavy atom. The lowest BCUT2D eigenvalue weighted by Gasteiger charge is -2.11. The van der Waals surface area contributed by atoms with Crippen molar-refractivity contribution in [2.45, 2.75) is 20.0 Å². The molecule has 2 aromatic rings. The molecule has 0 spiro atoms. The van der Waals surface area contributed by atoms with Gasteiger partial charge in [-0.25, -0.2) is 4.39 Å². The van der Waals surface area contributed by atoms with Crippen LogP contribution < -0.4 is 4.74 Å². The normalized spacial score (nSPS) is 10.3. The number of benzene rings is 2. The molecule has 4 heteroatoms. The summed E-state index contributed by atoms with van der Waals surface area (Å²) in [5.74, 6) is 0.0441. The van der Waals surface area contributed by atoms with E-state index in [-0.39, 0.29) is 12.4 Å². The summed E-state index contributed by atoms with van der Waals surface area (Å²) >= 11 is 5.69. The summed E-state index contributed by atoms with van der Waals surface area (Å²) in [5.41, 5.74) is 0.914. The van der Waals surface area contributed by atoms with Gasteiger partial charge in [0.15, 0.2) is 5.78 Å². The molecule has 0 fully saturated rings. The van der Waals surface area contributed by atoms with Crippen molar-refractivity contribution in [2.24, 2.45) is 0 Å². The molecule has 0 unspecified atom stereocenters. The maximum atomic E-state index is 13.6. The highest BCUT2D eigenvalue weighted by Crippen LogP contribution is 2.22. The minimum absolute atomic E-state index is 0.00261. The van der Waals surface area contributed by atoms with Gasteiger partial charge < -0.3 is 4.74 Å². The van der Waals surface area contributed by atoms with Crippen LogP contribution in [0.1, 0.15) is 29.3 Å². The summed E-state index contributed by atoms with van der Waals surface area (Å²) in [6.45, 7) is 1.84. The number of ketones is 1. The fourth-order valence-corrected chi connectivity index (χ4v) is 1.97. The van der Waals surface area contributed by atoms with Crippen LogP contribution in [0.25, 0.3) is 0 Å². The Bertz CT molecular complexity index is 626. The zero-order valence-corrected chi connectivity index (χ0v) is 11.8. The van der Waals surface area contributed by atoms with Crippen LogP contribution in [-0.4, -0.2) is 5.78 Å². The smallest absolute Gasteiger partial charge is 0.166 e. The monoisotopic (exact) mass is 292 g/mol. The van der Waals surface area contributed by atoms with Crippen LogP contribution in [0.4, 0.5) is 4.39 Å².